The largest absolute Gasteiger partial charge is 0.496 e. The molecule has 164 valence electrons. The Morgan fingerprint density at radius 3 is 2.61 bits per heavy atom. The standard InChI is InChI=1S/C28H25N3O2/c1-19-7-5-10-25(33-2)26(19)28(32)30-21-12-14-22(15-13-21)31-18-6-17-29-27-23-9-4-3-8-20(23)11-16-24(27)31/h3-16,18,29H,17H2,1-2H3,(H,30,32). The van der Waals surface area contributed by atoms with Gasteiger partial charge in [0.05, 0.1) is 24.0 Å². The van der Waals surface area contributed by atoms with Crippen LogP contribution < -0.4 is 20.3 Å². The van der Waals surface area contributed by atoms with Gasteiger partial charge in [-0.05, 0) is 60.3 Å². The molecule has 0 bridgehead atoms. The van der Waals surface area contributed by atoms with E-state index in [1.807, 2.05) is 43.3 Å². The summed E-state index contributed by atoms with van der Waals surface area (Å²) >= 11 is 0. The molecule has 1 aliphatic rings. The van der Waals surface area contributed by atoms with Crippen molar-refractivity contribution in [2.75, 3.05) is 29.2 Å². The molecule has 2 N–H and O–H groups in total. The normalized spacial score (nSPS) is 12.6. The molecule has 1 amide bonds. The third-order valence-corrected chi connectivity index (χ3v) is 5.90. The maximum Gasteiger partial charge on any atom is 0.259 e. The number of rotatable bonds is 4. The minimum atomic E-state index is -0.187. The Labute approximate surface area is 193 Å². The predicted octanol–water partition coefficient (Wildman–Crippen LogP) is 6.49. The van der Waals surface area contributed by atoms with E-state index in [1.165, 1.54) is 10.8 Å². The quantitative estimate of drug-likeness (QED) is 0.385. The summed E-state index contributed by atoms with van der Waals surface area (Å²) in [6, 6.07) is 26.1. The van der Waals surface area contributed by atoms with Crippen molar-refractivity contribution in [2.45, 2.75) is 6.92 Å². The van der Waals surface area contributed by atoms with E-state index in [9.17, 15) is 4.79 Å². The third-order valence-electron chi connectivity index (χ3n) is 5.90. The number of carbonyl (C=O) groups is 1. The second-order valence-electron chi connectivity index (χ2n) is 7.97. The smallest absolute Gasteiger partial charge is 0.259 e. The van der Waals surface area contributed by atoms with Crippen LogP contribution in [0.2, 0.25) is 0 Å². The van der Waals surface area contributed by atoms with Crippen LogP contribution >= 0.6 is 0 Å². The van der Waals surface area contributed by atoms with Crippen molar-refractivity contribution in [3.05, 3.63) is 102 Å². The van der Waals surface area contributed by atoms with Gasteiger partial charge < -0.3 is 20.3 Å². The van der Waals surface area contributed by atoms with E-state index in [0.717, 1.165) is 34.9 Å². The molecule has 0 radical (unpaired) electrons. The van der Waals surface area contributed by atoms with Gasteiger partial charge in [-0.25, -0.2) is 0 Å². The van der Waals surface area contributed by atoms with Crippen molar-refractivity contribution >= 4 is 39.4 Å². The van der Waals surface area contributed by atoms with Gasteiger partial charge in [0.15, 0.2) is 0 Å². The van der Waals surface area contributed by atoms with Crippen molar-refractivity contribution < 1.29 is 9.53 Å². The number of nitrogens with one attached hydrogen (secondary N) is 2. The first-order chi connectivity index (χ1) is 16.2. The third kappa shape index (κ3) is 3.89. The zero-order valence-electron chi connectivity index (χ0n) is 18.6. The number of hydrogen-bond donors (Lipinski definition) is 2. The number of ether oxygens (including phenoxy) is 1. The molecule has 0 atom stereocenters. The number of benzene rings is 4. The van der Waals surface area contributed by atoms with E-state index in [0.29, 0.717) is 11.3 Å². The molecule has 4 aromatic carbocycles. The van der Waals surface area contributed by atoms with E-state index >= 15 is 0 Å². The first-order valence-corrected chi connectivity index (χ1v) is 10.9. The van der Waals surface area contributed by atoms with Crippen molar-refractivity contribution in [3.63, 3.8) is 0 Å². The Hall–Kier alpha value is -4.25. The number of carbonyl (C=O) groups excluding carboxylic acids is 1. The molecule has 5 nitrogen and oxygen atoms in total. The zero-order chi connectivity index (χ0) is 22.8. The molecule has 33 heavy (non-hydrogen) atoms. The molecular formula is C28H25N3O2. The van der Waals surface area contributed by atoms with Gasteiger partial charge in [0.1, 0.15) is 5.75 Å². The van der Waals surface area contributed by atoms with Crippen LogP contribution in [0.5, 0.6) is 5.75 Å². The molecule has 0 aromatic heterocycles. The SMILES string of the molecule is COc1cccc(C)c1C(=O)Nc1ccc(N2C=CCNc3c2ccc2ccccc32)cc1. The number of anilines is 4. The van der Waals surface area contributed by atoms with Gasteiger partial charge in [-0.3, -0.25) is 4.79 Å². The van der Waals surface area contributed by atoms with Gasteiger partial charge in [0.2, 0.25) is 0 Å². The van der Waals surface area contributed by atoms with E-state index < -0.39 is 0 Å². The molecular weight excluding hydrogens is 410 g/mol. The fraction of sp³-hybridized carbons (Fsp3) is 0.107. The molecule has 0 saturated heterocycles. The van der Waals surface area contributed by atoms with Gasteiger partial charge in [0.25, 0.3) is 5.91 Å². The molecule has 0 saturated carbocycles. The van der Waals surface area contributed by atoms with E-state index in [2.05, 4.69) is 64.2 Å². The summed E-state index contributed by atoms with van der Waals surface area (Å²) < 4.78 is 5.38. The van der Waals surface area contributed by atoms with Gasteiger partial charge in [-0.1, -0.05) is 42.5 Å². The molecule has 0 fully saturated rings. The van der Waals surface area contributed by atoms with Crippen LogP contribution in [0.1, 0.15) is 15.9 Å². The first kappa shape index (κ1) is 20.6. The highest BCUT2D eigenvalue weighted by atomic mass is 16.5. The monoisotopic (exact) mass is 435 g/mol. The van der Waals surface area contributed by atoms with Crippen molar-refractivity contribution in [3.8, 4) is 5.75 Å². The molecule has 0 unspecified atom stereocenters. The fourth-order valence-corrected chi connectivity index (χ4v) is 4.27. The highest BCUT2D eigenvalue weighted by Crippen LogP contribution is 2.39. The van der Waals surface area contributed by atoms with Gasteiger partial charge in [-0.15, -0.1) is 0 Å². The summed E-state index contributed by atoms with van der Waals surface area (Å²) in [7, 11) is 1.57. The van der Waals surface area contributed by atoms with Crippen LogP contribution in [0.3, 0.4) is 0 Å². The van der Waals surface area contributed by atoms with Crippen molar-refractivity contribution in [1.82, 2.24) is 0 Å². The molecule has 0 spiro atoms. The number of fused-ring (bicyclic) bond motifs is 3. The van der Waals surface area contributed by atoms with Crippen LogP contribution in [-0.2, 0) is 0 Å². The van der Waals surface area contributed by atoms with Gasteiger partial charge >= 0.3 is 0 Å². The lowest BCUT2D eigenvalue weighted by Crippen LogP contribution is -2.15. The Morgan fingerprint density at radius 1 is 0.970 bits per heavy atom. The Kier molecular flexibility index (Phi) is 5.45. The summed E-state index contributed by atoms with van der Waals surface area (Å²) in [5.41, 5.74) is 5.36. The highest BCUT2D eigenvalue weighted by molar-refractivity contribution is 6.07. The lowest BCUT2D eigenvalue weighted by atomic mass is 10.1. The number of aryl methyl sites for hydroxylation is 1. The number of hydrogen-bond acceptors (Lipinski definition) is 4. The van der Waals surface area contributed by atoms with Crippen LogP contribution in [0, 0.1) is 6.92 Å². The summed E-state index contributed by atoms with van der Waals surface area (Å²) in [6.07, 6.45) is 4.19. The maximum absolute atomic E-state index is 12.9. The van der Waals surface area contributed by atoms with Gasteiger partial charge in [0, 0.05) is 29.5 Å². The molecule has 1 aliphatic heterocycles. The van der Waals surface area contributed by atoms with Crippen LogP contribution in [0.4, 0.5) is 22.7 Å². The van der Waals surface area contributed by atoms with Crippen molar-refractivity contribution in [1.29, 1.82) is 0 Å². The maximum atomic E-state index is 12.9. The second-order valence-corrected chi connectivity index (χ2v) is 7.97. The van der Waals surface area contributed by atoms with Crippen molar-refractivity contribution in [2.24, 2.45) is 0 Å². The number of nitrogens with zero attached hydrogens (tertiary/aromatic N) is 1. The Balaban J connectivity index is 1.44. The minimum absolute atomic E-state index is 0.187. The summed E-state index contributed by atoms with van der Waals surface area (Å²) in [5.74, 6) is 0.378. The second kappa shape index (κ2) is 8.71. The molecule has 5 heteroatoms. The zero-order valence-corrected chi connectivity index (χ0v) is 18.6. The molecule has 0 aliphatic carbocycles. The number of methoxy groups -OCH3 is 1. The summed E-state index contributed by atoms with van der Waals surface area (Å²) in [5, 5.41) is 8.93. The van der Waals surface area contributed by atoms with Crippen LogP contribution in [0.25, 0.3) is 10.8 Å². The predicted molar refractivity (Wildman–Crippen MR) is 136 cm³/mol. The topological polar surface area (TPSA) is 53.6 Å². The average molecular weight is 436 g/mol. The first-order valence-electron chi connectivity index (χ1n) is 10.9. The summed E-state index contributed by atoms with van der Waals surface area (Å²) in [6.45, 7) is 2.66. The highest BCUT2D eigenvalue weighted by Gasteiger charge is 2.18. The number of amides is 1. The average Bonchev–Trinajstić information content (AvgIpc) is 3.07. The lowest BCUT2D eigenvalue weighted by molar-refractivity contribution is 0.102. The van der Waals surface area contributed by atoms with E-state index in [4.69, 9.17) is 4.74 Å². The van der Waals surface area contributed by atoms with Gasteiger partial charge in [-0.2, -0.15) is 0 Å². The molecule has 5 rings (SSSR count). The lowest BCUT2D eigenvalue weighted by Gasteiger charge is -2.23. The molecule has 1 heterocycles. The van der Waals surface area contributed by atoms with E-state index in [1.54, 1.807) is 13.2 Å². The minimum Gasteiger partial charge on any atom is -0.496 e. The Morgan fingerprint density at radius 2 is 1.79 bits per heavy atom. The Bertz CT molecular complexity index is 1360. The molecule has 4 aromatic rings. The van der Waals surface area contributed by atoms with Crippen LogP contribution in [-0.4, -0.2) is 19.6 Å². The summed E-state index contributed by atoms with van der Waals surface area (Å²) in [4.78, 5) is 15.1. The fourth-order valence-electron chi connectivity index (χ4n) is 4.27. The van der Waals surface area contributed by atoms with E-state index in [-0.39, 0.29) is 5.91 Å². The van der Waals surface area contributed by atoms with Crippen LogP contribution in [0.15, 0.2) is 91.1 Å².